The summed E-state index contributed by atoms with van der Waals surface area (Å²) in [5, 5.41) is 10.5. The van der Waals surface area contributed by atoms with E-state index < -0.39 is 6.10 Å². The Labute approximate surface area is 120 Å². The summed E-state index contributed by atoms with van der Waals surface area (Å²) in [4.78, 5) is 0. The molecule has 2 aromatic rings. The maximum Gasteiger partial charge on any atom is 0.125 e. The highest BCUT2D eigenvalue weighted by molar-refractivity contribution is 5.36. The molecule has 2 atom stereocenters. The fourth-order valence-corrected chi connectivity index (χ4v) is 2.24. The third kappa shape index (κ3) is 3.59. The van der Waals surface area contributed by atoms with E-state index in [1.165, 1.54) is 0 Å². The van der Waals surface area contributed by atoms with Gasteiger partial charge in [-0.3, -0.25) is 0 Å². The van der Waals surface area contributed by atoms with Gasteiger partial charge in [0.05, 0.1) is 12.7 Å². The van der Waals surface area contributed by atoms with Gasteiger partial charge in [-0.15, -0.1) is 0 Å². The lowest BCUT2D eigenvalue weighted by Crippen LogP contribution is -2.31. The molecule has 0 aliphatic heterocycles. The van der Waals surface area contributed by atoms with Crippen LogP contribution in [0, 0.1) is 0 Å². The lowest BCUT2D eigenvalue weighted by Gasteiger charge is -2.21. The number of nitrogens with two attached hydrogens (primary N) is 1. The average Bonchev–Trinajstić information content (AvgIpc) is 2.48. The molecule has 3 N–H and O–H groups in total. The fraction of sp³-hybridized carbons (Fsp3) is 0.294. The van der Waals surface area contributed by atoms with Crippen molar-refractivity contribution in [2.45, 2.75) is 25.5 Å². The Hall–Kier alpha value is -1.84. The molecule has 0 saturated heterocycles. The molecule has 0 saturated carbocycles. The van der Waals surface area contributed by atoms with Gasteiger partial charge in [0.1, 0.15) is 5.75 Å². The zero-order valence-corrected chi connectivity index (χ0v) is 11.7. The highest BCUT2D eigenvalue weighted by Gasteiger charge is 2.20. The first-order valence-electron chi connectivity index (χ1n) is 6.91. The predicted molar refractivity (Wildman–Crippen MR) is 80.7 cm³/mol. The van der Waals surface area contributed by atoms with Crippen LogP contribution in [0.3, 0.4) is 0 Å². The summed E-state index contributed by atoms with van der Waals surface area (Å²) in [6, 6.07) is 17.1. The minimum atomic E-state index is -0.738. The SMILES string of the molecule is CCOc1ccccc1C(O)C(N)Cc1ccccc1. The number of aliphatic hydroxyl groups excluding tert-OH is 1. The number of hydrogen-bond acceptors (Lipinski definition) is 3. The van der Waals surface area contributed by atoms with Gasteiger partial charge < -0.3 is 15.6 Å². The molecule has 0 amide bonds. The highest BCUT2D eigenvalue weighted by Crippen LogP contribution is 2.27. The van der Waals surface area contributed by atoms with Gasteiger partial charge >= 0.3 is 0 Å². The third-order valence-electron chi connectivity index (χ3n) is 3.26. The number of rotatable bonds is 6. The molecular weight excluding hydrogens is 250 g/mol. The zero-order valence-electron chi connectivity index (χ0n) is 11.7. The summed E-state index contributed by atoms with van der Waals surface area (Å²) in [5.74, 6) is 0.700. The van der Waals surface area contributed by atoms with Crippen LogP contribution in [0.25, 0.3) is 0 Å². The van der Waals surface area contributed by atoms with E-state index in [2.05, 4.69) is 0 Å². The van der Waals surface area contributed by atoms with Crippen LogP contribution in [-0.2, 0) is 6.42 Å². The van der Waals surface area contributed by atoms with Gasteiger partial charge in [0.2, 0.25) is 0 Å². The number of benzene rings is 2. The summed E-state index contributed by atoms with van der Waals surface area (Å²) in [7, 11) is 0. The smallest absolute Gasteiger partial charge is 0.125 e. The molecule has 0 aliphatic carbocycles. The molecule has 2 unspecified atom stereocenters. The molecule has 0 spiro atoms. The normalized spacial score (nSPS) is 13.8. The van der Waals surface area contributed by atoms with E-state index in [4.69, 9.17) is 10.5 Å². The summed E-state index contributed by atoms with van der Waals surface area (Å²) < 4.78 is 5.54. The lowest BCUT2D eigenvalue weighted by molar-refractivity contribution is 0.141. The topological polar surface area (TPSA) is 55.5 Å². The van der Waals surface area contributed by atoms with Crippen LogP contribution < -0.4 is 10.5 Å². The minimum Gasteiger partial charge on any atom is -0.493 e. The van der Waals surface area contributed by atoms with Gasteiger partial charge in [-0.1, -0.05) is 48.5 Å². The highest BCUT2D eigenvalue weighted by atomic mass is 16.5. The van der Waals surface area contributed by atoms with Crippen LogP contribution in [0.5, 0.6) is 5.75 Å². The van der Waals surface area contributed by atoms with Gasteiger partial charge in [-0.05, 0) is 25.0 Å². The Morgan fingerprint density at radius 2 is 1.70 bits per heavy atom. The number of para-hydroxylation sites is 1. The van der Waals surface area contributed by atoms with Gasteiger partial charge in [-0.2, -0.15) is 0 Å². The van der Waals surface area contributed by atoms with Crippen LogP contribution in [0.15, 0.2) is 54.6 Å². The third-order valence-corrected chi connectivity index (χ3v) is 3.26. The van der Waals surface area contributed by atoms with E-state index in [9.17, 15) is 5.11 Å². The fourth-order valence-electron chi connectivity index (χ4n) is 2.24. The molecular formula is C17H21NO2. The molecule has 0 aromatic heterocycles. The maximum atomic E-state index is 10.5. The van der Waals surface area contributed by atoms with Crippen LogP contribution >= 0.6 is 0 Å². The van der Waals surface area contributed by atoms with Crippen molar-refractivity contribution in [1.29, 1.82) is 0 Å². The Kier molecular flexibility index (Phi) is 5.16. The Balaban J connectivity index is 2.12. The second kappa shape index (κ2) is 7.08. The molecule has 0 radical (unpaired) electrons. The summed E-state index contributed by atoms with van der Waals surface area (Å²) in [6.07, 6.45) is -0.111. The molecule has 2 aromatic carbocycles. The monoisotopic (exact) mass is 271 g/mol. The molecule has 0 fully saturated rings. The minimum absolute atomic E-state index is 0.362. The quantitative estimate of drug-likeness (QED) is 0.849. The standard InChI is InChI=1S/C17H21NO2/c1-2-20-16-11-7-6-10-14(16)17(19)15(18)12-13-8-4-3-5-9-13/h3-11,15,17,19H,2,12,18H2,1H3. The van der Waals surface area contributed by atoms with E-state index in [0.29, 0.717) is 18.8 Å². The molecule has 0 aliphatic rings. The molecule has 0 heterocycles. The van der Waals surface area contributed by atoms with Crippen molar-refractivity contribution in [3.05, 3.63) is 65.7 Å². The van der Waals surface area contributed by atoms with E-state index >= 15 is 0 Å². The zero-order chi connectivity index (χ0) is 14.4. The first-order chi connectivity index (χ1) is 9.72. The van der Waals surface area contributed by atoms with E-state index in [-0.39, 0.29) is 6.04 Å². The van der Waals surface area contributed by atoms with Crippen molar-refractivity contribution in [1.82, 2.24) is 0 Å². The Bertz CT molecular complexity index is 528. The van der Waals surface area contributed by atoms with Crippen molar-refractivity contribution in [3.8, 4) is 5.75 Å². The Morgan fingerprint density at radius 3 is 2.40 bits per heavy atom. The molecule has 0 bridgehead atoms. The number of aliphatic hydroxyl groups is 1. The molecule has 3 nitrogen and oxygen atoms in total. The van der Waals surface area contributed by atoms with Crippen molar-refractivity contribution in [3.63, 3.8) is 0 Å². The van der Waals surface area contributed by atoms with Gasteiger partial charge in [0.25, 0.3) is 0 Å². The van der Waals surface area contributed by atoms with Crippen LogP contribution in [-0.4, -0.2) is 17.8 Å². The first kappa shape index (κ1) is 14.6. The molecule has 106 valence electrons. The summed E-state index contributed by atoms with van der Waals surface area (Å²) >= 11 is 0. The second-order valence-electron chi connectivity index (χ2n) is 4.77. The largest absolute Gasteiger partial charge is 0.493 e. The van der Waals surface area contributed by atoms with Crippen LogP contribution in [0.4, 0.5) is 0 Å². The second-order valence-corrected chi connectivity index (χ2v) is 4.77. The Morgan fingerprint density at radius 1 is 1.05 bits per heavy atom. The maximum absolute atomic E-state index is 10.5. The summed E-state index contributed by atoms with van der Waals surface area (Å²) in [6.45, 7) is 2.49. The van der Waals surface area contributed by atoms with Crippen molar-refractivity contribution in [2.24, 2.45) is 5.73 Å². The molecule has 3 heteroatoms. The van der Waals surface area contributed by atoms with E-state index in [1.54, 1.807) is 0 Å². The first-order valence-corrected chi connectivity index (χ1v) is 6.91. The number of hydrogen-bond donors (Lipinski definition) is 2. The van der Waals surface area contributed by atoms with Crippen LogP contribution in [0.2, 0.25) is 0 Å². The van der Waals surface area contributed by atoms with Crippen LogP contribution in [0.1, 0.15) is 24.2 Å². The van der Waals surface area contributed by atoms with Gasteiger partial charge in [0, 0.05) is 11.6 Å². The summed E-state index contributed by atoms with van der Waals surface area (Å²) in [5.41, 5.74) is 8.01. The van der Waals surface area contributed by atoms with Crippen molar-refractivity contribution in [2.75, 3.05) is 6.61 Å². The lowest BCUT2D eigenvalue weighted by atomic mass is 9.96. The van der Waals surface area contributed by atoms with E-state index in [1.807, 2.05) is 61.5 Å². The molecule has 2 rings (SSSR count). The van der Waals surface area contributed by atoms with Gasteiger partial charge in [0.15, 0.2) is 0 Å². The average molecular weight is 271 g/mol. The van der Waals surface area contributed by atoms with Crippen molar-refractivity contribution < 1.29 is 9.84 Å². The van der Waals surface area contributed by atoms with E-state index in [0.717, 1.165) is 11.1 Å². The predicted octanol–water partition coefficient (Wildman–Crippen LogP) is 2.69. The number of ether oxygens (including phenoxy) is 1. The van der Waals surface area contributed by atoms with Gasteiger partial charge in [-0.25, -0.2) is 0 Å². The van der Waals surface area contributed by atoms with Crippen molar-refractivity contribution >= 4 is 0 Å². The molecule has 20 heavy (non-hydrogen) atoms.